The summed E-state index contributed by atoms with van der Waals surface area (Å²) in [5, 5.41) is 3.22. The fraction of sp³-hybridized carbons (Fsp3) is 0.100. The number of anilines is 1. The van der Waals surface area contributed by atoms with Gasteiger partial charge in [-0.15, -0.1) is 0 Å². The van der Waals surface area contributed by atoms with Crippen LogP contribution in [0.4, 0.5) is 5.69 Å². The summed E-state index contributed by atoms with van der Waals surface area (Å²) in [5.74, 6) is 0. The summed E-state index contributed by atoms with van der Waals surface area (Å²) in [7, 11) is -3.56. The number of sulfonamides is 1. The van der Waals surface area contributed by atoms with E-state index in [4.69, 9.17) is 0 Å². The first-order valence-electron chi connectivity index (χ1n) is 7.85. The van der Waals surface area contributed by atoms with Crippen molar-refractivity contribution in [3.05, 3.63) is 83.8 Å². The highest BCUT2D eigenvalue weighted by atomic mass is 32.2. The van der Waals surface area contributed by atoms with E-state index in [1.165, 1.54) is 9.71 Å². The van der Waals surface area contributed by atoms with Crippen LogP contribution >= 0.6 is 0 Å². The molecule has 3 nitrogen and oxygen atoms in total. The van der Waals surface area contributed by atoms with Crippen LogP contribution in [0.1, 0.15) is 12.5 Å². The molecule has 3 aromatic rings. The van der Waals surface area contributed by atoms with Crippen molar-refractivity contribution >= 4 is 32.6 Å². The second-order valence-electron chi connectivity index (χ2n) is 5.42. The summed E-state index contributed by atoms with van der Waals surface area (Å²) in [5.41, 5.74) is 1.56. The highest BCUT2D eigenvalue weighted by molar-refractivity contribution is 7.95. The van der Waals surface area contributed by atoms with Crippen molar-refractivity contribution in [1.82, 2.24) is 0 Å². The largest absolute Gasteiger partial charge is 0.266 e. The smallest absolute Gasteiger partial charge is 0.257 e. The van der Waals surface area contributed by atoms with Gasteiger partial charge < -0.3 is 0 Å². The van der Waals surface area contributed by atoms with Gasteiger partial charge in [0.2, 0.25) is 0 Å². The maximum atomic E-state index is 12.8. The molecular formula is C20H19NO2S. The Kier molecular flexibility index (Phi) is 4.67. The Morgan fingerprint density at radius 2 is 1.54 bits per heavy atom. The van der Waals surface area contributed by atoms with Gasteiger partial charge in [0.1, 0.15) is 0 Å². The molecule has 0 amide bonds. The molecule has 0 aliphatic heterocycles. The van der Waals surface area contributed by atoms with Crippen molar-refractivity contribution in [2.24, 2.45) is 0 Å². The van der Waals surface area contributed by atoms with E-state index in [0.29, 0.717) is 12.2 Å². The van der Waals surface area contributed by atoms with Crippen LogP contribution in [0.2, 0.25) is 0 Å². The predicted molar refractivity (Wildman–Crippen MR) is 101 cm³/mol. The highest BCUT2D eigenvalue weighted by Crippen LogP contribution is 2.29. The van der Waals surface area contributed by atoms with Gasteiger partial charge >= 0.3 is 0 Å². The fourth-order valence-corrected chi connectivity index (χ4v) is 3.98. The van der Waals surface area contributed by atoms with Gasteiger partial charge in [0.25, 0.3) is 10.0 Å². The van der Waals surface area contributed by atoms with E-state index in [-0.39, 0.29) is 0 Å². The van der Waals surface area contributed by atoms with E-state index < -0.39 is 10.0 Å². The SMILES string of the molecule is CCN(c1cccc2ccccc12)S(=O)(=O)C=Cc1ccccc1. The van der Waals surface area contributed by atoms with E-state index >= 15 is 0 Å². The first-order chi connectivity index (χ1) is 11.6. The molecule has 4 heteroatoms. The minimum Gasteiger partial charge on any atom is -0.266 e. The van der Waals surface area contributed by atoms with Crippen molar-refractivity contribution < 1.29 is 8.42 Å². The van der Waals surface area contributed by atoms with Crippen molar-refractivity contribution in [2.45, 2.75) is 6.92 Å². The standard InChI is InChI=1S/C20H19NO2S/c1-2-21(20-14-8-12-18-11-6-7-13-19(18)20)24(22,23)16-15-17-9-4-3-5-10-17/h3-16H,2H2,1H3. The monoisotopic (exact) mass is 337 g/mol. The lowest BCUT2D eigenvalue weighted by Crippen LogP contribution is -2.29. The van der Waals surface area contributed by atoms with Gasteiger partial charge in [-0.2, -0.15) is 0 Å². The molecule has 0 saturated heterocycles. The normalized spacial score (nSPS) is 11.9. The van der Waals surface area contributed by atoms with Crippen LogP contribution in [-0.4, -0.2) is 15.0 Å². The number of nitrogens with zero attached hydrogens (tertiary/aromatic N) is 1. The van der Waals surface area contributed by atoms with E-state index in [2.05, 4.69) is 0 Å². The third-order valence-corrected chi connectivity index (χ3v) is 5.41. The molecule has 3 rings (SSSR count). The van der Waals surface area contributed by atoms with Crippen molar-refractivity contribution in [3.63, 3.8) is 0 Å². The number of hydrogen-bond acceptors (Lipinski definition) is 2. The van der Waals surface area contributed by atoms with Gasteiger partial charge in [0.15, 0.2) is 0 Å². The maximum Gasteiger partial charge on any atom is 0.257 e. The summed E-state index contributed by atoms with van der Waals surface area (Å²) >= 11 is 0. The van der Waals surface area contributed by atoms with Crippen LogP contribution in [0.25, 0.3) is 16.8 Å². The summed E-state index contributed by atoms with van der Waals surface area (Å²) in [6.07, 6.45) is 1.63. The molecule has 0 radical (unpaired) electrons. The molecule has 24 heavy (non-hydrogen) atoms. The van der Waals surface area contributed by atoms with Gasteiger partial charge in [-0.05, 0) is 30.0 Å². The molecule has 0 heterocycles. The highest BCUT2D eigenvalue weighted by Gasteiger charge is 2.19. The summed E-state index contributed by atoms with van der Waals surface area (Å²) in [4.78, 5) is 0. The average molecular weight is 337 g/mol. The molecule has 0 aromatic heterocycles. The van der Waals surface area contributed by atoms with Crippen LogP contribution in [0.3, 0.4) is 0 Å². The minimum atomic E-state index is -3.56. The van der Waals surface area contributed by atoms with E-state index in [0.717, 1.165) is 16.3 Å². The topological polar surface area (TPSA) is 37.4 Å². The van der Waals surface area contributed by atoms with Gasteiger partial charge in [-0.25, -0.2) is 8.42 Å². The van der Waals surface area contributed by atoms with E-state index in [1.54, 1.807) is 6.08 Å². The lowest BCUT2D eigenvalue weighted by Gasteiger charge is -2.22. The maximum absolute atomic E-state index is 12.8. The number of benzene rings is 3. The van der Waals surface area contributed by atoms with E-state index in [9.17, 15) is 8.42 Å². The third kappa shape index (κ3) is 3.34. The van der Waals surface area contributed by atoms with Crippen molar-refractivity contribution in [2.75, 3.05) is 10.8 Å². The molecule has 0 N–H and O–H groups in total. The van der Waals surface area contributed by atoms with Crippen LogP contribution in [-0.2, 0) is 10.0 Å². The van der Waals surface area contributed by atoms with Crippen LogP contribution < -0.4 is 4.31 Å². The van der Waals surface area contributed by atoms with Gasteiger partial charge in [-0.3, -0.25) is 4.31 Å². The Labute approximate surface area is 142 Å². The molecule has 0 atom stereocenters. The van der Waals surface area contributed by atoms with Gasteiger partial charge in [0, 0.05) is 11.9 Å². The van der Waals surface area contributed by atoms with Gasteiger partial charge in [0.05, 0.1) is 11.1 Å². The van der Waals surface area contributed by atoms with Crippen LogP contribution in [0, 0.1) is 0 Å². The van der Waals surface area contributed by atoms with Gasteiger partial charge in [-0.1, -0.05) is 66.7 Å². The van der Waals surface area contributed by atoms with Crippen LogP contribution in [0.5, 0.6) is 0 Å². The fourth-order valence-electron chi connectivity index (χ4n) is 2.72. The number of hydrogen-bond donors (Lipinski definition) is 0. The molecule has 3 aromatic carbocycles. The quantitative estimate of drug-likeness (QED) is 0.678. The summed E-state index contributed by atoms with van der Waals surface area (Å²) in [6, 6.07) is 22.9. The van der Waals surface area contributed by atoms with E-state index in [1.807, 2.05) is 79.7 Å². The summed E-state index contributed by atoms with van der Waals surface area (Å²) < 4.78 is 27.1. The Morgan fingerprint density at radius 3 is 2.29 bits per heavy atom. The van der Waals surface area contributed by atoms with Crippen LogP contribution in [0.15, 0.2) is 78.2 Å². The van der Waals surface area contributed by atoms with Crippen molar-refractivity contribution in [1.29, 1.82) is 0 Å². The minimum absolute atomic E-state index is 0.371. The lowest BCUT2D eigenvalue weighted by atomic mass is 10.1. The Hall–Kier alpha value is -2.59. The molecule has 0 aliphatic rings. The molecule has 0 unspecified atom stereocenters. The predicted octanol–water partition coefficient (Wildman–Crippen LogP) is 4.67. The Balaban J connectivity index is 2.02. The Bertz CT molecular complexity index is 958. The summed E-state index contributed by atoms with van der Waals surface area (Å²) in [6.45, 7) is 2.21. The second-order valence-corrected chi connectivity index (χ2v) is 7.16. The zero-order valence-electron chi connectivity index (χ0n) is 13.5. The third-order valence-electron chi connectivity index (χ3n) is 3.86. The zero-order valence-corrected chi connectivity index (χ0v) is 14.3. The molecule has 0 bridgehead atoms. The first kappa shape index (κ1) is 16.3. The number of rotatable bonds is 5. The van der Waals surface area contributed by atoms with Crippen molar-refractivity contribution in [3.8, 4) is 0 Å². The molecular weight excluding hydrogens is 318 g/mol. The molecule has 122 valence electrons. The number of fused-ring (bicyclic) bond motifs is 1. The molecule has 0 aliphatic carbocycles. The molecule has 0 saturated carbocycles. The second kappa shape index (κ2) is 6.89. The Morgan fingerprint density at radius 1 is 0.875 bits per heavy atom. The molecule has 0 spiro atoms. The zero-order chi connectivity index (χ0) is 17.0. The first-order valence-corrected chi connectivity index (χ1v) is 9.36. The molecule has 0 fully saturated rings. The lowest BCUT2D eigenvalue weighted by molar-refractivity contribution is 0.601. The average Bonchev–Trinajstić information content (AvgIpc) is 2.62.